The molecule has 1 heterocycles. The minimum atomic E-state index is -3.70. The quantitative estimate of drug-likeness (QED) is 0.724. The molecule has 0 saturated carbocycles. The summed E-state index contributed by atoms with van der Waals surface area (Å²) in [4.78, 5) is 16.4. The minimum absolute atomic E-state index is 0.111. The van der Waals surface area contributed by atoms with Gasteiger partial charge < -0.3 is 10.1 Å². The van der Waals surface area contributed by atoms with Gasteiger partial charge in [-0.2, -0.15) is 0 Å². The van der Waals surface area contributed by atoms with Crippen LogP contribution < -0.4 is 14.8 Å². The lowest BCUT2D eigenvalue weighted by Gasteiger charge is -2.11. The van der Waals surface area contributed by atoms with Gasteiger partial charge in [0.25, 0.3) is 15.9 Å². The molecule has 0 fully saturated rings. The zero-order chi connectivity index (χ0) is 20.7. The first-order valence-electron chi connectivity index (χ1n) is 9.27. The summed E-state index contributed by atoms with van der Waals surface area (Å²) in [5.74, 6) is 0.666. The van der Waals surface area contributed by atoms with E-state index in [9.17, 15) is 13.2 Å². The summed E-state index contributed by atoms with van der Waals surface area (Å²) in [5.41, 5.74) is 0.473. The van der Waals surface area contributed by atoms with Crippen molar-refractivity contribution >= 4 is 39.1 Å². The molecule has 0 unspecified atom stereocenters. The lowest BCUT2D eigenvalue weighted by atomic mass is 10.2. The Morgan fingerprint density at radius 3 is 2.48 bits per heavy atom. The highest BCUT2D eigenvalue weighted by molar-refractivity contribution is 7.90. The van der Waals surface area contributed by atoms with E-state index in [2.05, 4.69) is 15.0 Å². The Kier molecular flexibility index (Phi) is 7.11. The molecular formula is C20H22ClN3O4S. The molecule has 0 bridgehead atoms. The number of benzene rings is 2. The van der Waals surface area contributed by atoms with Gasteiger partial charge in [-0.3, -0.25) is 14.5 Å². The third-order valence-electron chi connectivity index (χ3n) is 4.26. The maximum Gasteiger partial charge on any atom is 0.262 e. The number of carbonyl (C=O) groups excluding carboxylic acids is 1. The van der Waals surface area contributed by atoms with E-state index in [4.69, 9.17) is 16.3 Å². The third-order valence-corrected chi connectivity index (χ3v) is 5.91. The van der Waals surface area contributed by atoms with E-state index >= 15 is 0 Å². The second-order valence-corrected chi connectivity index (χ2v) is 8.68. The van der Waals surface area contributed by atoms with E-state index in [0.717, 1.165) is 19.3 Å². The standard InChI is InChI=1S/C20H22ClN3O4S/c21-15-5-9-17(10-6-15)28-14-20(25)23-16-7-11-18(12-8-16)29(26,27)24-19-4-2-1-3-13-22-19/h5-12H,1-4,13-14H2,(H,22,24)(H,23,25). The van der Waals surface area contributed by atoms with Gasteiger partial charge in [-0.15, -0.1) is 0 Å². The molecule has 154 valence electrons. The van der Waals surface area contributed by atoms with E-state index in [1.54, 1.807) is 24.3 Å². The molecule has 0 atom stereocenters. The molecule has 1 amide bonds. The van der Waals surface area contributed by atoms with Crippen LogP contribution in [-0.2, 0) is 14.8 Å². The van der Waals surface area contributed by atoms with Crippen LogP contribution in [0.5, 0.6) is 5.75 Å². The largest absolute Gasteiger partial charge is 0.484 e. The molecular weight excluding hydrogens is 414 g/mol. The number of amidine groups is 1. The maximum atomic E-state index is 12.5. The Morgan fingerprint density at radius 2 is 1.76 bits per heavy atom. The number of halogens is 1. The van der Waals surface area contributed by atoms with Crippen molar-refractivity contribution < 1.29 is 17.9 Å². The summed E-state index contributed by atoms with van der Waals surface area (Å²) in [5, 5.41) is 3.24. The monoisotopic (exact) mass is 435 g/mol. The average Bonchev–Trinajstić information content (AvgIpc) is 2.96. The molecule has 2 N–H and O–H groups in total. The van der Waals surface area contributed by atoms with E-state index in [0.29, 0.717) is 35.3 Å². The SMILES string of the molecule is O=C(COc1ccc(Cl)cc1)Nc1ccc(S(=O)(=O)NC2=NCCCCC2)cc1. The number of carbonyl (C=O) groups is 1. The number of aliphatic imine (C=N–C) groups is 1. The number of ether oxygens (including phenoxy) is 1. The Bertz CT molecular complexity index is 974. The Hall–Kier alpha value is -2.58. The molecule has 0 aliphatic carbocycles. The van der Waals surface area contributed by atoms with Crippen LogP contribution in [0.15, 0.2) is 58.4 Å². The first kappa shape index (κ1) is 21.1. The van der Waals surface area contributed by atoms with Gasteiger partial charge in [-0.1, -0.05) is 18.0 Å². The zero-order valence-corrected chi connectivity index (χ0v) is 17.3. The predicted octanol–water partition coefficient (Wildman–Crippen LogP) is 3.61. The second-order valence-electron chi connectivity index (χ2n) is 6.56. The van der Waals surface area contributed by atoms with Crippen LogP contribution in [0.1, 0.15) is 25.7 Å². The number of nitrogens with one attached hydrogen (secondary N) is 2. The third kappa shape index (κ3) is 6.47. The van der Waals surface area contributed by atoms with Gasteiger partial charge in [0.1, 0.15) is 11.6 Å². The van der Waals surface area contributed by atoms with Crippen LogP contribution in [0.4, 0.5) is 5.69 Å². The molecule has 1 aliphatic heterocycles. The van der Waals surface area contributed by atoms with Crippen LogP contribution in [0.2, 0.25) is 5.02 Å². The van der Waals surface area contributed by atoms with Crippen LogP contribution >= 0.6 is 11.6 Å². The van der Waals surface area contributed by atoms with Gasteiger partial charge >= 0.3 is 0 Å². The van der Waals surface area contributed by atoms with Crippen LogP contribution in [0.3, 0.4) is 0 Å². The first-order valence-corrected chi connectivity index (χ1v) is 11.1. The van der Waals surface area contributed by atoms with Crippen molar-refractivity contribution in [2.75, 3.05) is 18.5 Å². The van der Waals surface area contributed by atoms with Crippen LogP contribution in [0.25, 0.3) is 0 Å². The second kappa shape index (κ2) is 9.76. The molecule has 3 rings (SSSR count). The number of hydrogen-bond donors (Lipinski definition) is 2. The molecule has 1 aliphatic rings. The Morgan fingerprint density at radius 1 is 1.03 bits per heavy atom. The number of nitrogens with zero attached hydrogens (tertiary/aromatic N) is 1. The first-order chi connectivity index (χ1) is 13.9. The molecule has 7 nitrogen and oxygen atoms in total. The summed E-state index contributed by atoms with van der Waals surface area (Å²) < 4.78 is 33.0. The van der Waals surface area contributed by atoms with Crippen molar-refractivity contribution in [2.45, 2.75) is 30.6 Å². The van der Waals surface area contributed by atoms with Gasteiger partial charge in [-0.25, -0.2) is 8.42 Å². The molecule has 0 saturated heterocycles. The Balaban J connectivity index is 1.55. The van der Waals surface area contributed by atoms with Gasteiger partial charge in [0, 0.05) is 23.7 Å². The number of amides is 1. The van der Waals surface area contributed by atoms with Gasteiger partial charge in [0.2, 0.25) is 0 Å². The fourth-order valence-electron chi connectivity index (χ4n) is 2.77. The summed E-state index contributed by atoms with van der Waals surface area (Å²) in [6.45, 7) is 0.462. The zero-order valence-electron chi connectivity index (χ0n) is 15.7. The highest BCUT2D eigenvalue weighted by atomic mass is 35.5. The number of sulfonamides is 1. The van der Waals surface area contributed by atoms with E-state index in [1.807, 2.05) is 0 Å². The Labute approximate surface area is 175 Å². The predicted molar refractivity (Wildman–Crippen MR) is 113 cm³/mol. The van der Waals surface area contributed by atoms with Crippen molar-refractivity contribution in [3.05, 3.63) is 53.6 Å². The topological polar surface area (TPSA) is 96.9 Å². The average molecular weight is 436 g/mol. The number of anilines is 1. The number of hydrogen-bond acceptors (Lipinski definition) is 5. The molecule has 2 aromatic carbocycles. The number of rotatable bonds is 6. The molecule has 29 heavy (non-hydrogen) atoms. The lowest BCUT2D eigenvalue weighted by Crippen LogP contribution is -2.30. The van der Waals surface area contributed by atoms with Crippen molar-refractivity contribution in [3.8, 4) is 5.75 Å². The molecule has 0 spiro atoms. The van der Waals surface area contributed by atoms with Gasteiger partial charge in [0.05, 0.1) is 4.90 Å². The minimum Gasteiger partial charge on any atom is -0.484 e. The smallest absolute Gasteiger partial charge is 0.262 e. The van der Waals surface area contributed by atoms with E-state index < -0.39 is 10.0 Å². The molecule has 0 aromatic heterocycles. The van der Waals surface area contributed by atoms with Crippen molar-refractivity contribution in [1.29, 1.82) is 0 Å². The summed E-state index contributed by atoms with van der Waals surface area (Å²) in [7, 11) is -3.70. The van der Waals surface area contributed by atoms with Crippen molar-refractivity contribution in [3.63, 3.8) is 0 Å². The fourth-order valence-corrected chi connectivity index (χ4v) is 3.98. The van der Waals surface area contributed by atoms with Crippen molar-refractivity contribution in [1.82, 2.24) is 4.72 Å². The van der Waals surface area contributed by atoms with Crippen LogP contribution in [-0.4, -0.2) is 33.3 Å². The van der Waals surface area contributed by atoms with Gasteiger partial charge in [-0.05, 0) is 61.4 Å². The molecule has 0 radical (unpaired) electrons. The highest BCUT2D eigenvalue weighted by Gasteiger charge is 2.17. The highest BCUT2D eigenvalue weighted by Crippen LogP contribution is 2.17. The molecule has 9 heteroatoms. The molecule has 2 aromatic rings. The summed E-state index contributed by atoms with van der Waals surface area (Å²) in [6, 6.07) is 12.6. The van der Waals surface area contributed by atoms with Crippen LogP contribution in [0, 0.1) is 0 Å². The van der Waals surface area contributed by atoms with E-state index in [-0.39, 0.29) is 17.4 Å². The maximum absolute atomic E-state index is 12.5. The van der Waals surface area contributed by atoms with E-state index in [1.165, 1.54) is 24.3 Å². The van der Waals surface area contributed by atoms with Crippen molar-refractivity contribution in [2.24, 2.45) is 4.99 Å². The fraction of sp³-hybridized carbons (Fsp3) is 0.300. The van der Waals surface area contributed by atoms with Gasteiger partial charge in [0.15, 0.2) is 6.61 Å². The normalized spacial score (nSPS) is 14.4. The summed E-state index contributed by atoms with van der Waals surface area (Å²) >= 11 is 5.80. The lowest BCUT2D eigenvalue weighted by molar-refractivity contribution is -0.118. The summed E-state index contributed by atoms with van der Waals surface area (Å²) in [6.07, 6.45) is 3.57.